The van der Waals surface area contributed by atoms with Crippen molar-refractivity contribution in [3.63, 3.8) is 0 Å². The summed E-state index contributed by atoms with van der Waals surface area (Å²) in [4.78, 5) is 22.5. The Morgan fingerprint density at radius 2 is 1.25 bits per heavy atom. The summed E-state index contributed by atoms with van der Waals surface area (Å²) in [6.45, 7) is 8.46. The van der Waals surface area contributed by atoms with E-state index in [0.29, 0.717) is 25.9 Å². The van der Waals surface area contributed by atoms with Gasteiger partial charge in [0.25, 0.3) is 0 Å². The van der Waals surface area contributed by atoms with E-state index in [0.717, 1.165) is 12.8 Å². The van der Waals surface area contributed by atoms with Gasteiger partial charge in [-0.3, -0.25) is 0 Å². The average molecular weight is 288 g/mol. The third kappa shape index (κ3) is 2.41. The number of rotatable bonds is 7. The Morgan fingerprint density at radius 3 is 1.55 bits per heavy atom. The molecule has 2 heterocycles. The molecule has 2 atom stereocenters. The van der Waals surface area contributed by atoms with Crippen LogP contribution in [0.3, 0.4) is 0 Å². The first-order chi connectivity index (χ1) is 9.66. The Hall–Kier alpha value is -1.16. The smallest absolute Gasteiger partial charge is 0.309 e. The molecule has 0 radical (unpaired) electrons. The molecule has 2 aliphatic heterocycles. The summed E-state index contributed by atoms with van der Waals surface area (Å²) in [5.74, 6) is -2.97. The Bertz CT molecular complexity index is 334. The summed E-state index contributed by atoms with van der Waals surface area (Å²) in [6, 6.07) is 0. The van der Waals surface area contributed by atoms with Crippen molar-refractivity contribution in [3.05, 3.63) is 25.6 Å². The molecule has 2 N–H and O–H groups in total. The van der Waals surface area contributed by atoms with E-state index in [1.54, 1.807) is 9.80 Å². The molecule has 2 unspecified atom stereocenters. The van der Waals surface area contributed by atoms with Crippen LogP contribution in [0.2, 0.25) is 0 Å². The zero-order chi connectivity index (χ0) is 14.6. The minimum atomic E-state index is -1.48. The van der Waals surface area contributed by atoms with Crippen LogP contribution in [-0.2, 0) is 19.6 Å². The van der Waals surface area contributed by atoms with Gasteiger partial charge >= 0.3 is 11.8 Å². The van der Waals surface area contributed by atoms with Crippen LogP contribution in [-0.4, -0.2) is 45.2 Å². The predicted octanol–water partition coefficient (Wildman–Crippen LogP) is 1.70. The predicted molar refractivity (Wildman–Crippen MR) is 67.3 cm³/mol. The lowest BCUT2D eigenvalue weighted by molar-refractivity contribution is -0.601. The first-order valence-electron chi connectivity index (χ1n) is 6.47. The Kier molecular flexibility index (Phi) is 4.63. The van der Waals surface area contributed by atoms with Gasteiger partial charge in [-0.1, -0.05) is 13.2 Å². The highest BCUT2D eigenvalue weighted by Gasteiger charge is 2.50. The quantitative estimate of drug-likeness (QED) is 0.416. The van der Waals surface area contributed by atoms with Crippen LogP contribution in [0.4, 0.5) is 0 Å². The summed E-state index contributed by atoms with van der Waals surface area (Å²) in [5.41, 5.74) is 0. The normalized spacial score (nSPS) is 33.7. The SMILES string of the molecule is C=CN1CCCC1(OO)OOC1(OO)CCCN1C=C. The molecule has 2 saturated heterocycles. The zero-order valence-electron chi connectivity index (χ0n) is 11.2. The average Bonchev–Trinajstić information content (AvgIpc) is 3.09. The zero-order valence-corrected chi connectivity index (χ0v) is 11.2. The molecule has 8 nitrogen and oxygen atoms in total. The fraction of sp³-hybridized carbons (Fsp3) is 0.667. The fourth-order valence-electron chi connectivity index (χ4n) is 2.57. The summed E-state index contributed by atoms with van der Waals surface area (Å²) >= 11 is 0. The first kappa shape index (κ1) is 15.2. The molecule has 8 heteroatoms. The van der Waals surface area contributed by atoms with Crippen molar-refractivity contribution in [3.8, 4) is 0 Å². The first-order valence-corrected chi connectivity index (χ1v) is 6.47. The van der Waals surface area contributed by atoms with Gasteiger partial charge in [0.05, 0.1) is 0 Å². The Morgan fingerprint density at radius 1 is 0.850 bits per heavy atom. The molecule has 0 saturated carbocycles. The lowest BCUT2D eigenvalue weighted by Crippen LogP contribution is -2.51. The van der Waals surface area contributed by atoms with Crippen molar-refractivity contribution in [2.45, 2.75) is 37.5 Å². The number of hydrogen-bond acceptors (Lipinski definition) is 8. The standard InChI is InChI=1S/C12H20N2O6/c1-3-13-9-5-7-11(13,17-15)19-20-12(18-16)8-6-10-14(12)4-2/h3-4,15-16H,1-2,5-10H2. The van der Waals surface area contributed by atoms with Crippen LogP contribution in [0.5, 0.6) is 0 Å². The van der Waals surface area contributed by atoms with Crippen molar-refractivity contribution in [2.24, 2.45) is 0 Å². The van der Waals surface area contributed by atoms with Crippen LogP contribution in [0.15, 0.2) is 25.6 Å². The van der Waals surface area contributed by atoms with Gasteiger partial charge in [-0.05, 0) is 25.2 Å². The highest BCUT2D eigenvalue weighted by molar-refractivity contribution is 4.88. The second-order valence-corrected chi connectivity index (χ2v) is 4.73. The van der Waals surface area contributed by atoms with Gasteiger partial charge in [0, 0.05) is 25.9 Å². The van der Waals surface area contributed by atoms with E-state index in [2.05, 4.69) is 22.9 Å². The molecule has 0 aromatic heterocycles. The van der Waals surface area contributed by atoms with Crippen molar-refractivity contribution in [2.75, 3.05) is 13.1 Å². The third-order valence-electron chi connectivity index (χ3n) is 3.69. The van der Waals surface area contributed by atoms with E-state index >= 15 is 0 Å². The maximum atomic E-state index is 9.14. The second kappa shape index (κ2) is 6.08. The number of likely N-dealkylation sites (tertiary alicyclic amines) is 2. The summed E-state index contributed by atoms with van der Waals surface area (Å²) in [7, 11) is 0. The van der Waals surface area contributed by atoms with Gasteiger partial charge in [-0.15, -0.1) is 0 Å². The molecule has 20 heavy (non-hydrogen) atoms. The number of nitrogens with zero attached hydrogens (tertiary/aromatic N) is 2. The van der Waals surface area contributed by atoms with E-state index in [9.17, 15) is 0 Å². The molecule has 0 aromatic carbocycles. The summed E-state index contributed by atoms with van der Waals surface area (Å²) in [5, 5.41) is 18.3. The largest absolute Gasteiger partial charge is 0.324 e. The van der Waals surface area contributed by atoms with Gasteiger partial charge in [-0.2, -0.15) is 19.6 Å². The van der Waals surface area contributed by atoms with E-state index in [1.807, 2.05) is 0 Å². The van der Waals surface area contributed by atoms with Gasteiger partial charge in [0.15, 0.2) is 0 Å². The van der Waals surface area contributed by atoms with Gasteiger partial charge in [-0.25, -0.2) is 10.5 Å². The fourth-order valence-corrected chi connectivity index (χ4v) is 2.57. The molecule has 0 aromatic rings. The highest BCUT2D eigenvalue weighted by Crippen LogP contribution is 2.37. The number of hydrogen-bond donors (Lipinski definition) is 2. The van der Waals surface area contributed by atoms with Crippen LogP contribution in [0.1, 0.15) is 25.7 Å². The molecular formula is C12H20N2O6. The van der Waals surface area contributed by atoms with Gasteiger partial charge in [0.1, 0.15) is 0 Å². The maximum absolute atomic E-state index is 9.14. The van der Waals surface area contributed by atoms with Crippen molar-refractivity contribution in [1.29, 1.82) is 0 Å². The van der Waals surface area contributed by atoms with Gasteiger partial charge in [0.2, 0.25) is 0 Å². The molecule has 2 fully saturated rings. The lowest BCUT2D eigenvalue weighted by atomic mass is 10.3. The van der Waals surface area contributed by atoms with Crippen LogP contribution in [0, 0.1) is 0 Å². The van der Waals surface area contributed by atoms with Crippen molar-refractivity contribution < 1.29 is 30.1 Å². The van der Waals surface area contributed by atoms with Crippen LogP contribution < -0.4 is 0 Å². The molecule has 0 spiro atoms. The molecule has 0 amide bonds. The topological polar surface area (TPSA) is 83.9 Å². The minimum absolute atomic E-state index is 0.380. The third-order valence-corrected chi connectivity index (χ3v) is 3.69. The second-order valence-electron chi connectivity index (χ2n) is 4.73. The van der Waals surface area contributed by atoms with Crippen LogP contribution in [0.25, 0.3) is 0 Å². The molecule has 2 rings (SSSR count). The Balaban J connectivity index is 2.09. The van der Waals surface area contributed by atoms with Gasteiger partial charge < -0.3 is 9.80 Å². The van der Waals surface area contributed by atoms with Crippen molar-refractivity contribution >= 4 is 0 Å². The van der Waals surface area contributed by atoms with Crippen LogP contribution >= 0.6 is 0 Å². The Labute approximate surface area is 117 Å². The molecule has 0 aliphatic carbocycles. The van der Waals surface area contributed by atoms with E-state index in [1.165, 1.54) is 12.4 Å². The molecule has 2 aliphatic rings. The monoisotopic (exact) mass is 288 g/mol. The summed E-state index contributed by atoms with van der Waals surface area (Å²) < 4.78 is 0. The van der Waals surface area contributed by atoms with E-state index in [4.69, 9.17) is 20.3 Å². The molecular weight excluding hydrogens is 268 g/mol. The maximum Gasteiger partial charge on any atom is 0.309 e. The highest BCUT2D eigenvalue weighted by atomic mass is 17.3. The lowest BCUT2D eigenvalue weighted by Gasteiger charge is -2.37. The molecule has 0 bridgehead atoms. The molecule has 114 valence electrons. The van der Waals surface area contributed by atoms with Crippen molar-refractivity contribution in [1.82, 2.24) is 9.80 Å². The van der Waals surface area contributed by atoms with E-state index in [-0.39, 0.29) is 0 Å². The minimum Gasteiger partial charge on any atom is -0.324 e. The van der Waals surface area contributed by atoms with E-state index < -0.39 is 11.8 Å². The summed E-state index contributed by atoms with van der Waals surface area (Å²) in [6.07, 6.45) is 5.19.